The molecule has 25 heavy (non-hydrogen) atoms. The molecule has 3 nitrogen and oxygen atoms in total. The standard InChI is InChI=1S/C19H16FNO2.C2H6/c1-2-4-12-9-17(20)18(21-11-12)15-6-3-5-13-7-8-14(19(22)23)10-16(13)15;1-2/h3,5-11H,2,4H2,1H3,(H,22,23);1-2H3. The molecule has 0 atom stereocenters. The lowest BCUT2D eigenvalue weighted by Crippen LogP contribution is -1.97. The summed E-state index contributed by atoms with van der Waals surface area (Å²) in [6, 6.07) is 11.8. The van der Waals surface area contributed by atoms with E-state index in [1.165, 1.54) is 6.07 Å². The fraction of sp³-hybridized carbons (Fsp3) is 0.238. The van der Waals surface area contributed by atoms with Crippen molar-refractivity contribution in [2.45, 2.75) is 33.6 Å². The molecular weight excluding hydrogens is 317 g/mol. The summed E-state index contributed by atoms with van der Waals surface area (Å²) in [5.74, 6) is -1.39. The van der Waals surface area contributed by atoms with Gasteiger partial charge in [0.25, 0.3) is 0 Å². The number of hydrogen-bond donors (Lipinski definition) is 1. The van der Waals surface area contributed by atoms with Crippen LogP contribution in [0.15, 0.2) is 48.7 Å². The predicted octanol–water partition coefficient (Wildman–Crippen LogP) is 5.72. The molecule has 2 aromatic carbocycles. The van der Waals surface area contributed by atoms with Gasteiger partial charge in [0.2, 0.25) is 0 Å². The van der Waals surface area contributed by atoms with E-state index in [2.05, 4.69) is 4.98 Å². The number of aryl methyl sites for hydroxylation is 1. The fourth-order valence-corrected chi connectivity index (χ4v) is 2.71. The zero-order chi connectivity index (χ0) is 18.4. The minimum atomic E-state index is -1.01. The van der Waals surface area contributed by atoms with Crippen LogP contribution in [0.4, 0.5) is 4.39 Å². The third-order valence-electron chi connectivity index (χ3n) is 3.82. The Labute approximate surface area is 147 Å². The third kappa shape index (κ3) is 4.02. The molecule has 1 N–H and O–H groups in total. The maximum atomic E-state index is 14.5. The van der Waals surface area contributed by atoms with Crippen LogP contribution in [0.5, 0.6) is 0 Å². The van der Waals surface area contributed by atoms with Crippen LogP contribution in [-0.4, -0.2) is 16.1 Å². The number of nitrogens with zero attached hydrogens (tertiary/aromatic N) is 1. The number of rotatable bonds is 4. The SMILES string of the molecule is CC.CCCc1cnc(-c2cccc3ccc(C(=O)O)cc23)c(F)c1. The van der Waals surface area contributed by atoms with Crippen molar-refractivity contribution < 1.29 is 14.3 Å². The van der Waals surface area contributed by atoms with Crippen molar-refractivity contribution in [1.82, 2.24) is 4.98 Å². The second-order valence-corrected chi connectivity index (χ2v) is 5.47. The van der Waals surface area contributed by atoms with Crippen molar-refractivity contribution >= 4 is 16.7 Å². The van der Waals surface area contributed by atoms with E-state index in [4.69, 9.17) is 5.11 Å². The predicted molar refractivity (Wildman–Crippen MR) is 99.4 cm³/mol. The maximum Gasteiger partial charge on any atom is 0.335 e. The zero-order valence-electron chi connectivity index (χ0n) is 14.7. The van der Waals surface area contributed by atoms with E-state index in [0.29, 0.717) is 10.9 Å². The number of hydrogen-bond acceptors (Lipinski definition) is 2. The number of aromatic nitrogens is 1. The summed E-state index contributed by atoms with van der Waals surface area (Å²) in [6.07, 6.45) is 3.39. The summed E-state index contributed by atoms with van der Waals surface area (Å²) < 4.78 is 14.5. The molecule has 0 fully saturated rings. The molecule has 0 aliphatic carbocycles. The van der Waals surface area contributed by atoms with Crippen LogP contribution in [0.25, 0.3) is 22.0 Å². The van der Waals surface area contributed by atoms with Crippen LogP contribution < -0.4 is 0 Å². The number of carboxylic acid groups (broad SMARTS) is 1. The summed E-state index contributed by atoms with van der Waals surface area (Å²) >= 11 is 0. The van der Waals surface area contributed by atoms with Crippen LogP contribution in [0.3, 0.4) is 0 Å². The summed E-state index contributed by atoms with van der Waals surface area (Å²) in [5.41, 5.74) is 1.89. The van der Waals surface area contributed by atoms with E-state index in [0.717, 1.165) is 23.8 Å². The molecule has 0 saturated carbocycles. The number of carbonyl (C=O) groups is 1. The van der Waals surface area contributed by atoms with Gasteiger partial charge in [-0.1, -0.05) is 51.5 Å². The van der Waals surface area contributed by atoms with Crippen molar-refractivity contribution in [3.05, 3.63) is 65.6 Å². The van der Waals surface area contributed by atoms with Crippen LogP contribution in [0.1, 0.15) is 43.1 Å². The first-order valence-corrected chi connectivity index (χ1v) is 8.51. The lowest BCUT2D eigenvalue weighted by Gasteiger charge is -2.09. The summed E-state index contributed by atoms with van der Waals surface area (Å²) in [5, 5.41) is 10.7. The van der Waals surface area contributed by atoms with Crippen LogP contribution in [0.2, 0.25) is 0 Å². The van der Waals surface area contributed by atoms with Crippen molar-refractivity contribution in [3.63, 3.8) is 0 Å². The highest BCUT2D eigenvalue weighted by atomic mass is 19.1. The topological polar surface area (TPSA) is 50.2 Å². The maximum absolute atomic E-state index is 14.5. The van der Waals surface area contributed by atoms with Gasteiger partial charge in [0, 0.05) is 11.8 Å². The van der Waals surface area contributed by atoms with E-state index in [1.807, 2.05) is 32.9 Å². The van der Waals surface area contributed by atoms with Gasteiger partial charge in [-0.2, -0.15) is 0 Å². The van der Waals surface area contributed by atoms with Gasteiger partial charge in [0.15, 0.2) is 0 Å². The molecule has 4 heteroatoms. The van der Waals surface area contributed by atoms with Crippen molar-refractivity contribution in [3.8, 4) is 11.3 Å². The van der Waals surface area contributed by atoms with Crippen LogP contribution in [-0.2, 0) is 6.42 Å². The van der Waals surface area contributed by atoms with Gasteiger partial charge in [-0.15, -0.1) is 0 Å². The first kappa shape index (κ1) is 18.6. The molecule has 130 valence electrons. The molecule has 0 spiro atoms. The normalized spacial score (nSPS) is 10.2. The average molecular weight is 339 g/mol. The van der Waals surface area contributed by atoms with Gasteiger partial charge in [0.05, 0.1) is 5.56 Å². The first-order chi connectivity index (χ1) is 12.1. The Bertz CT molecular complexity index is 890. The number of carboxylic acids is 1. The third-order valence-corrected chi connectivity index (χ3v) is 3.82. The minimum absolute atomic E-state index is 0.174. The monoisotopic (exact) mass is 339 g/mol. The fourth-order valence-electron chi connectivity index (χ4n) is 2.71. The van der Waals surface area contributed by atoms with Crippen molar-refractivity contribution in [2.24, 2.45) is 0 Å². The zero-order valence-corrected chi connectivity index (χ0v) is 14.7. The Kier molecular flexibility index (Phi) is 6.23. The summed E-state index contributed by atoms with van der Waals surface area (Å²) in [7, 11) is 0. The largest absolute Gasteiger partial charge is 0.478 e. The lowest BCUT2D eigenvalue weighted by atomic mass is 9.99. The first-order valence-electron chi connectivity index (χ1n) is 8.51. The number of halogens is 1. The molecule has 0 saturated heterocycles. The Morgan fingerprint density at radius 1 is 1.16 bits per heavy atom. The minimum Gasteiger partial charge on any atom is -0.478 e. The molecule has 0 radical (unpaired) electrons. The Morgan fingerprint density at radius 2 is 1.92 bits per heavy atom. The number of fused-ring (bicyclic) bond motifs is 1. The Morgan fingerprint density at radius 3 is 2.56 bits per heavy atom. The number of benzene rings is 2. The van der Waals surface area contributed by atoms with E-state index >= 15 is 0 Å². The molecule has 0 bridgehead atoms. The van der Waals surface area contributed by atoms with Crippen molar-refractivity contribution in [2.75, 3.05) is 0 Å². The van der Waals surface area contributed by atoms with E-state index < -0.39 is 5.97 Å². The van der Waals surface area contributed by atoms with Crippen LogP contribution in [0, 0.1) is 5.82 Å². The second kappa shape index (κ2) is 8.38. The van der Waals surface area contributed by atoms with Gasteiger partial charge >= 0.3 is 5.97 Å². The molecule has 1 heterocycles. The van der Waals surface area contributed by atoms with Crippen LogP contribution >= 0.6 is 0 Å². The molecule has 0 unspecified atom stereocenters. The highest BCUT2D eigenvalue weighted by Gasteiger charge is 2.13. The molecule has 3 rings (SSSR count). The van der Waals surface area contributed by atoms with Gasteiger partial charge < -0.3 is 5.11 Å². The van der Waals surface area contributed by atoms with Gasteiger partial charge in [-0.05, 0) is 41.0 Å². The van der Waals surface area contributed by atoms with Gasteiger partial charge in [-0.3, -0.25) is 4.98 Å². The summed E-state index contributed by atoms with van der Waals surface area (Å²) in [6.45, 7) is 6.03. The average Bonchev–Trinajstić information content (AvgIpc) is 2.63. The summed E-state index contributed by atoms with van der Waals surface area (Å²) in [4.78, 5) is 15.5. The van der Waals surface area contributed by atoms with Crippen molar-refractivity contribution in [1.29, 1.82) is 0 Å². The number of aromatic carboxylic acids is 1. The molecule has 0 aliphatic rings. The van der Waals surface area contributed by atoms with E-state index in [-0.39, 0.29) is 17.1 Å². The van der Waals surface area contributed by atoms with E-state index in [9.17, 15) is 9.18 Å². The molecule has 0 aliphatic heterocycles. The highest BCUT2D eigenvalue weighted by molar-refractivity contribution is 6.00. The van der Waals surface area contributed by atoms with Gasteiger partial charge in [0.1, 0.15) is 11.5 Å². The second-order valence-electron chi connectivity index (χ2n) is 5.47. The number of pyridine rings is 1. The highest BCUT2D eigenvalue weighted by Crippen LogP contribution is 2.30. The molecule has 0 amide bonds. The molecular formula is C21H22FNO2. The Balaban J connectivity index is 0.00000109. The van der Waals surface area contributed by atoms with Gasteiger partial charge in [-0.25, -0.2) is 9.18 Å². The molecule has 3 aromatic rings. The molecule has 1 aromatic heterocycles. The Hall–Kier alpha value is -2.75. The quantitative estimate of drug-likeness (QED) is 0.661. The van der Waals surface area contributed by atoms with E-state index in [1.54, 1.807) is 30.5 Å². The smallest absolute Gasteiger partial charge is 0.335 e. The lowest BCUT2D eigenvalue weighted by molar-refractivity contribution is 0.0697.